The van der Waals surface area contributed by atoms with Crippen LogP contribution in [0, 0.1) is 10.5 Å². The van der Waals surface area contributed by atoms with E-state index in [-0.39, 0.29) is 13.2 Å². The van der Waals surface area contributed by atoms with Gasteiger partial charge in [-0.15, -0.1) is 0 Å². The van der Waals surface area contributed by atoms with Crippen LogP contribution in [0.15, 0.2) is 60.8 Å². The number of hydrogen-bond donors (Lipinski definition) is 4. The van der Waals surface area contributed by atoms with Gasteiger partial charge >= 0.3 is 6.03 Å². The lowest BCUT2D eigenvalue weighted by atomic mass is 10.1. The molecule has 0 radical (unpaired) electrons. The molecule has 3 aromatic carbocycles. The quantitative estimate of drug-likeness (QED) is 0.165. The van der Waals surface area contributed by atoms with Crippen LogP contribution in [0.5, 0.6) is 17.2 Å². The number of nitrogens with zero attached hydrogens (tertiary/aromatic N) is 1. The van der Waals surface area contributed by atoms with E-state index in [1.165, 1.54) is 0 Å². The number of urea groups is 1. The van der Waals surface area contributed by atoms with Crippen molar-refractivity contribution in [2.75, 3.05) is 36.2 Å². The smallest absolute Gasteiger partial charge is 0.323 e. The molecule has 0 aliphatic rings. The fourth-order valence-electron chi connectivity index (χ4n) is 3.51. The Morgan fingerprint density at radius 3 is 2.58 bits per heavy atom. The molecule has 10 heteroatoms. The molecule has 0 unspecified atom stereocenters. The Morgan fingerprint density at radius 1 is 1.03 bits per heavy atom. The third-order valence-electron chi connectivity index (χ3n) is 5.21. The predicted molar refractivity (Wildman–Crippen MR) is 152 cm³/mol. The SMILES string of the molecule is CNc1cc2c(Oc3ccc(NC(=O)Nc4cc(C)ccc4I)c(Cl)c3)ccnc2cc1OCCO. The van der Waals surface area contributed by atoms with Crippen molar-refractivity contribution in [2.45, 2.75) is 6.92 Å². The van der Waals surface area contributed by atoms with Crippen molar-refractivity contribution in [1.82, 2.24) is 4.98 Å². The van der Waals surface area contributed by atoms with Gasteiger partial charge in [-0.1, -0.05) is 17.7 Å². The predicted octanol–water partition coefficient (Wildman–Crippen LogP) is 6.65. The molecular weight excluding hydrogens is 595 g/mol. The molecular formula is C26H24ClIN4O4. The summed E-state index contributed by atoms with van der Waals surface area (Å²) in [5.74, 6) is 1.66. The van der Waals surface area contributed by atoms with E-state index in [4.69, 9.17) is 26.2 Å². The second-order valence-electron chi connectivity index (χ2n) is 7.80. The number of carbonyl (C=O) groups is 1. The lowest BCUT2D eigenvalue weighted by Crippen LogP contribution is -2.20. The fraction of sp³-hybridized carbons (Fsp3) is 0.154. The highest BCUT2D eigenvalue weighted by Gasteiger charge is 2.13. The number of amides is 2. The molecule has 0 atom stereocenters. The average Bonchev–Trinajstić information content (AvgIpc) is 2.86. The average molecular weight is 619 g/mol. The van der Waals surface area contributed by atoms with Gasteiger partial charge in [0, 0.05) is 34.3 Å². The van der Waals surface area contributed by atoms with Crippen LogP contribution in [0.2, 0.25) is 5.02 Å². The maximum atomic E-state index is 12.5. The van der Waals surface area contributed by atoms with Crippen LogP contribution in [0.25, 0.3) is 10.9 Å². The molecule has 2 amide bonds. The van der Waals surface area contributed by atoms with Crippen LogP contribution in [-0.2, 0) is 0 Å². The first-order chi connectivity index (χ1) is 17.4. The van der Waals surface area contributed by atoms with E-state index < -0.39 is 6.03 Å². The minimum Gasteiger partial charge on any atom is -0.489 e. The zero-order valence-electron chi connectivity index (χ0n) is 19.6. The number of halogens is 2. The Hall–Kier alpha value is -3.28. The van der Waals surface area contributed by atoms with Crippen LogP contribution < -0.4 is 25.4 Å². The maximum absolute atomic E-state index is 12.5. The summed E-state index contributed by atoms with van der Waals surface area (Å²) < 4.78 is 12.6. The molecule has 1 heterocycles. The molecule has 1 aromatic heterocycles. The number of ether oxygens (including phenoxy) is 2. The Labute approximate surface area is 227 Å². The van der Waals surface area contributed by atoms with Crippen molar-refractivity contribution in [1.29, 1.82) is 0 Å². The molecule has 0 bridgehead atoms. The number of aliphatic hydroxyl groups is 1. The second kappa shape index (κ2) is 11.6. The van der Waals surface area contributed by atoms with Crippen LogP contribution in [0.4, 0.5) is 21.9 Å². The molecule has 36 heavy (non-hydrogen) atoms. The zero-order valence-corrected chi connectivity index (χ0v) is 22.5. The monoisotopic (exact) mass is 618 g/mol. The van der Waals surface area contributed by atoms with Crippen LogP contribution in [-0.4, -0.2) is 36.4 Å². The summed E-state index contributed by atoms with van der Waals surface area (Å²) in [5.41, 5.74) is 3.63. The molecule has 0 spiro atoms. The number of anilines is 3. The van der Waals surface area contributed by atoms with Crippen LogP contribution in [0.3, 0.4) is 0 Å². The number of aryl methyl sites for hydroxylation is 1. The molecule has 4 aromatic rings. The minimum atomic E-state index is -0.395. The molecule has 0 aliphatic carbocycles. The number of nitrogens with one attached hydrogen (secondary N) is 3. The molecule has 0 saturated heterocycles. The van der Waals surface area contributed by atoms with Gasteiger partial charge in [-0.05, 0) is 71.5 Å². The Bertz CT molecular complexity index is 1420. The topological polar surface area (TPSA) is 105 Å². The summed E-state index contributed by atoms with van der Waals surface area (Å²) in [7, 11) is 1.78. The summed E-state index contributed by atoms with van der Waals surface area (Å²) in [4.78, 5) is 16.9. The lowest BCUT2D eigenvalue weighted by Gasteiger charge is -2.15. The number of carbonyl (C=O) groups excluding carboxylic acids is 1. The molecule has 8 nitrogen and oxygen atoms in total. The van der Waals surface area contributed by atoms with E-state index in [2.05, 4.69) is 43.5 Å². The fourth-order valence-corrected chi connectivity index (χ4v) is 4.19. The largest absolute Gasteiger partial charge is 0.489 e. The summed E-state index contributed by atoms with van der Waals surface area (Å²) in [5, 5.41) is 18.9. The number of benzene rings is 3. The Kier molecular flexibility index (Phi) is 8.34. The standard InChI is InChI=1S/C26H24ClIN4O4/c1-15-3-5-19(28)22(11-15)32-26(34)31-20-6-4-16(12-18(20)27)36-24-7-8-30-21-14-25(35-10-9-33)23(29-2)13-17(21)24/h3-8,11-14,29,33H,9-10H2,1-2H3,(H2,31,32,34). The normalized spacial score (nSPS) is 10.7. The van der Waals surface area contributed by atoms with E-state index in [0.29, 0.717) is 33.5 Å². The van der Waals surface area contributed by atoms with Gasteiger partial charge in [-0.25, -0.2) is 4.79 Å². The van der Waals surface area contributed by atoms with Gasteiger partial charge in [0.05, 0.1) is 34.2 Å². The van der Waals surface area contributed by atoms with E-state index in [9.17, 15) is 4.79 Å². The van der Waals surface area contributed by atoms with Crippen molar-refractivity contribution in [3.63, 3.8) is 0 Å². The first-order valence-electron chi connectivity index (χ1n) is 11.0. The highest BCUT2D eigenvalue weighted by atomic mass is 127. The third kappa shape index (κ3) is 6.10. The highest BCUT2D eigenvalue weighted by Crippen LogP contribution is 2.37. The molecule has 0 aliphatic heterocycles. The minimum absolute atomic E-state index is 0.0870. The maximum Gasteiger partial charge on any atom is 0.323 e. The van der Waals surface area contributed by atoms with E-state index in [1.807, 2.05) is 31.2 Å². The first-order valence-corrected chi connectivity index (χ1v) is 12.5. The van der Waals surface area contributed by atoms with Gasteiger partial charge in [0.1, 0.15) is 23.9 Å². The van der Waals surface area contributed by atoms with E-state index >= 15 is 0 Å². The van der Waals surface area contributed by atoms with Crippen LogP contribution >= 0.6 is 34.2 Å². The molecule has 186 valence electrons. The Morgan fingerprint density at radius 2 is 1.83 bits per heavy atom. The number of hydrogen-bond acceptors (Lipinski definition) is 6. The lowest BCUT2D eigenvalue weighted by molar-refractivity contribution is 0.202. The van der Waals surface area contributed by atoms with Crippen molar-refractivity contribution < 1.29 is 19.4 Å². The summed E-state index contributed by atoms with van der Waals surface area (Å²) in [6.45, 7) is 2.05. The van der Waals surface area contributed by atoms with Gasteiger partial charge < -0.3 is 30.5 Å². The number of aliphatic hydroxyl groups excluding tert-OH is 1. The summed E-state index contributed by atoms with van der Waals surface area (Å²) in [6, 6.07) is 15.9. The Balaban J connectivity index is 1.52. The first kappa shape index (κ1) is 25.8. The molecule has 0 saturated carbocycles. The zero-order chi connectivity index (χ0) is 25.7. The van der Waals surface area contributed by atoms with Crippen molar-refractivity contribution >= 4 is 68.2 Å². The number of aromatic nitrogens is 1. The van der Waals surface area contributed by atoms with Gasteiger partial charge in [0.2, 0.25) is 0 Å². The third-order valence-corrected chi connectivity index (χ3v) is 6.46. The van der Waals surface area contributed by atoms with Gasteiger partial charge in [-0.2, -0.15) is 0 Å². The van der Waals surface area contributed by atoms with Crippen molar-refractivity contribution in [2.24, 2.45) is 0 Å². The van der Waals surface area contributed by atoms with Crippen LogP contribution in [0.1, 0.15) is 5.56 Å². The molecule has 4 N–H and O–H groups in total. The summed E-state index contributed by atoms with van der Waals surface area (Å²) in [6.07, 6.45) is 1.64. The van der Waals surface area contributed by atoms with E-state index in [0.717, 1.165) is 25.9 Å². The molecule has 0 fully saturated rings. The van der Waals surface area contributed by atoms with Crippen molar-refractivity contribution in [3.8, 4) is 17.2 Å². The second-order valence-corrected chi connectivity index (χ2v) is 9.37. The van der Waals surface area contributed by atoms with Crippen molar-refractivity contribution in [3.05, 3.63) is 75.0 Å². The number of pyridine rings is 1. The highest BCUT2D eigenvalue weighted by molar-refractivity contribution is 14.1. The van der Waals surface area contributed by atoms with Gasteiger partial charge in [-0.3, -0.25) is 4.98 Å². The summed E-state index contributed by atoms with van der Waals surface area (Å²) >= 11 is 8.62. The van der Waals surface area contributed by atoms with Gasteiger partial charge in [0.25, 0.3) is 0 Å². The van der Waals surface area contributed by atoms with E-state index in [1.54, 1.807) is 43.6 Å². The van der Waals surface area contributed by atoms with Gasteiger partial charge in [0.15, 0.2) is 0 Å². The number of fused-ring (bicyclic) bond motifs is 1. The number of rotatable bonds is 8. The molecule has 4 rings (SSSR count).